The molecular formula is C15H13N5O. The summed E-state index contributed by atoms with van der Waals surface area (Å²) < 4.78 is 0. The third-order valence-electron chi connectivity index (χ3n) is 2.90. The van der Waals surface area contributed by atoms with Crippen LogP contribution in [0.25, 0.3) is 11.4 Å². The lowest BCUT2D eigenvalue weighted by molar-refractivity contribution is 0.102. The highest BCUT2D eigenvalue weighted by Gasteiger charge is 2.10. The summed E-state index contributed by atoms with van der Waals surface area (Å²) in [7, 11) is 0. The van der Waals surface area contributed by atoms with Crippen LogP contribution in [0.5, 0.6) is 0 Å². The van der Waals surface area contributed by atoms with E-state index in [9.17, 15) is 4.79 Å². The molecule has 3 rings (SSSR count). The number of benzene rings is 1. The van der Waals surface area contributed by atoms with Gasteiger partial charge in [0.15, 0.2) is 0 Å². The molecule has 0 atom stereocenters. The van der Waals surface area contributed by atoms with Crippen molar-refractivity contribution < 1.29 is 4.79 Å². The zero-order chi connectivity index (χ0) is 14.7. The molecule has 104 valence electrons. The molecule has 0 spiro atoms. The number of rotatable bonds is 3. The van der Waals surface area contributed by atoms with Crippen LogP contribution in [0.15, 0.2) is 54.7 Å². The van der Waals surface area contributed by atoms with E-state index in [2.05, 4.69) is 20.5 Å². The molecule has 0 radical (unpaired) electrons. The summed E-state index contributed by atoms with van der Waals surface area (Å²) in [5, 5.41) is 9.45. The summed E-state index contributed by atoms with van der Waals surface area (Å²) in [5.41, 5.74) is 8.65. The second-order valence-electron chi connectivity index (χ2n) is 4.46. The first-order chi connectivity index (χ1) is 10.2. The van der Waals surface area contributed by atoms with Gasteiger partial charge in [0.1, 0.15) is 5.69 Å². The van der Waals surface area contributed by atoms with Gasteiger partial charge >= 0.3 is 0 Å². The van der Waals surface area contributed by atoms with Crippen molar-refractivity contribution >= 4 is 17.3 Å². The van der Waals surface area contributed by atoms with Gasteiger partial charge in [-0.05, 0) is 36.4 Å². The number of anilines is 2. The van der Waals surface area contributed by atoms with E-state index in [1.807, 2.05) is 6.07 Å². The lowest BCUT2D eigenvalue weighted by Crippen LogP contribution is -2.14. The first-order valence-corrected chi connectivity index (χ1v) is 6.36. The molecule has 0 unspecified atom stereocenters. The number of pyridine rings is 1. The van der Waals surface area contributed by atoms with Crippen molar-refractivity contribution in [3.05, 3.63) is 60.4 Å². The fourth-order valence-corrected chi connectivity index (χ4v) is 1.92. The van der Waals surface area contributed by atoms with E-state index in [1.165, 1.54) is 0 Å². The highest BCUT2D eigenvalue weighted by Crippen LogP contribution is 2.16. The predicted octanol–water partition coefficient (Wildman–Crippen LogP) is 2.31. The van der Waals surface area contributed by atoms with Gasteiger partial charge in [-0.1, -0.05) is 12.1 Å². The van der Waals surface area contributed by atoms with Crippen molar-refractivity contribution in [3.63, 3.8) is 0 Å². The summed E-state index contributed by atoms with van der Waals surface area (Å²) in [5.74, 6) is -0.290. The van der Waals surface area contributed by atoms with Crippen LogP contribution in [0, 0.1) is 0 Å². The highest BCUT2D eigenvalue weighted by atomic mass is 16.1. The average molecular weight is 279 g/mol. The first-order valence-electron chi connectivity index (χ1n) is 6.36. The fourth-order valence-electron chi connectivity index (χ4n) is 1.92. The molecule has 21 heavy (non-hydrogen) atoms. The van der Waals surface area contributed by atoms with Crippen LogP contribution in [-0.4, -0.2) is 21.1 Å². The number of nitrogens with zero attached hydrogens (tertiary/aromatic N) is 2. The van der Waals surface area contributed by atoms with Crippen molar-refractivity contribution in [2.75, 3.05) is 11.1 Å². The molecule has 4 N–H and O–H groups in total. The van der Waals surface area contributed by atoms with E-state index in [0.717, 1.165) is 5.69 Å². The summed E-state index contributed by atoms with van der Waals surface area (Å²) >= 11 is 0. The third-order valence-corrected chi connectivity index (χ3v) is 2.90. The number of nitrogens with two attached hydrogens (primary N) is 1. The second kappa shape index (κ2) is 5.46. The molecule has 0 saturated carbocycles. The molecule has 0 bridgehead atoms. The number of nitrogen functional groups attached to an aromatic ring is 1. The Bertz CT molecular complexity index is 767. The molecule has 3 aromatic rings. The van der Waals surface area contributed by atoms with Crippen LogP contribution < -0.4 is 11.1 Å². The Labute approximate surface area is 121 Å². The topological polar surface area (TPSA) is 96.7 Å². The monoisotopic (exact) mass is 279 g/mol. The quantitative estimate of drug-likeness (QED) is 0.641. The Hall–Kier alpha value is -3.15. The van der Waals surface area contributed by atoms with Crippen LogP contribution in [0.2, 0.25) is 0 Å². The molecule has 0 saturated heterocycles. The SMILES string of the molecule is Nc1cccc(NC(=O)c2cccc(-c3ccn[nH]3)n2)c1. The van der Waals surface area contributed by atoms with Gasteiger partial charge in [-0.2, -0.15) is 5.10 Å². The van der Waals surface area contributed by atoms with Crippen molar-refractivity contribution in [2.24, 2.45) is 0 Å². The maximum atomic E-state index is 12.2. The van der Waals surface area contributed by atoms with Crippen molar-refractivity contribution in [1.29, 1.82) is 0 Å². The maximum absolute atomic E-state index is 12.2. The Balaban J connectivity index is 1.83. The largest absolute Gasteiger partial charge is 0.399 e. The fraction of sp³-hybridized carbons (Fsp3) is 0. The minimum Gasteiger partial charge on any atom is -0.399 e. The van der Waals surface area contributed by atoms with Gasteiger partial charge in [-0.15, -0.1) is 0 Å². The molecule has 6 heteroatoms. The van der Waals surface area contributed by atoms with Gasteiger partial charge in [0.05, 0.1) is 11.4 Å². The molecule has 2 aromatic heterocycles. The summed E-state index contributed by atoms with van der Waals surface area (Å²) in [6.45, 7) is 0. The van der Waals surface area contributed by atoms with Gasteiger partial charge in [-0.25, -0.2) is 4.98 Å². The lowest BCUT2D eigenvalue weighted by Gasteiger charge is -2.06. The van der Waals surface area contributed by atoms with Crippen LogP contribution in [0.3, 0.4) is 0 Å². The Morgan fingerprint density at radius 3 is 2.76 bits per heavy atom. The van der Waals surface area contributed by atoms with Crippen LogP contribution in [0.1, 0.15) is 10.5 Å². The van der Waals surface area contributed by atoms with E-state index in [4.69, 9.17) is 5.73 Å². The minimum absolute atomic E-state index is 0.290. The Morgan fingerprint density at radius 2 is 2.00 bits per heavy atom. The third kappa shape index (κ3) is 2.89. The summed E-state index contributed by atoms with van der Waals surface area (Å²) in [6.07, 6.45) is 1.64. The van der Waals surface area contributed by atoms with Crippen molar-refractivity contribution in [1.82, 2.24) is 15.2 Å². The number of carbonyl (C=O) groups is 1. The van der Waals surface area contributed by atoms with E-state index in [1.54, 1.807) is 48.7 Å². The molecule has 0 aliphatic heterocycles. The van der Waals surface area contributed by atoms with Crippen LogP contribution in [-0.2, 0) is 0 Å². The van der Waals surface area contributed by atoms with Gasteiger partial charge in [0, 0.05) is 17.6 Å². The molecule has 0 aliphatic carbocycles. The Morgan fingerprint density at radius 1 is 1.14 bits per heavy atom. The minimum atomic E-state index is -0.290. The molecule has 2 heterocycles. The number of hydrogen-bond donors (Lipinski definition) is 3. The normalized spacial score (nSPS) is 10.3. The second-order valence-corrected chi connectivity index (χ2v) is 4.46. The zero-order valence-electron chi connectivity index (χ0n) is 11.1. The van der Waals surface area contributed by atoms with E-state index >= 15 is 0 Å². The van der Waals surface area contributed by atoms with Crippen molar-refractivity contribution in [2.45, 2.75) is 0 Å². The van der Waals surface area contributed by atoms with E-state index < -0.39 is 0 Å². The average Bonchev–Trinajstić information content (AvgIpc) is 3.02. The smallest absolute Gasteiger partial charge is 0.274 e. The number of amides is 1. The zero-order valence-corrected chi connectivity index (χ0v) is 11.1. The summed E-state index contributed by atoms with van der Waals surface area (Å²) in [6, 6.07) is 14.0. The van der Waals surface area contributed by atoms with Crippen LogP contribution >= 0.6 is 0 Å². The Kier molecular flexibility index (Phi) is 3.34. The number of H-pyrrole nitrogens is 1. The number of hydrogen-bond acceptors (Lipinski definition) is 4. The van der Waals surface area contributed by atoms with E-state index in [-0.39, 0.29) is 5.91 Å². The maximum Gasteiger partial charge on any atom is 0.274 e. The number of aromatic nitrogens is 3. The molecular weight excluding hydrogens is 266 g/mol. The summed E-state index contributed by atoms with van der Waals surface area (Å²) in [4.78, 5) is 16.5. The standard InChI is InChI=1S/C15H13N5O/c16-10-3-1-4-11(9-10)18-15(21)14-6-2-5-12(19-14)13-7-8-17-20-13/h1-9H,16H2,(H,17,20)(H,18,21). The molecule has 1 amide bonds. The molecule has 0 aliphatic rings. The van der Waals surface area contributed by atoms with Gasteiger partial charge < -0.3 is 11.1 Å². The first kappa shape index (κ1) is 12.9. The lowest BCUT2D eigenvalue weighted by atomic mass is 10.2. The molecule has 6 nitrogen and oxygen atoms in total. The van der Waals surface area contributed by atoms with Crippen molar-refractivity contribution in [3.8, 4) is 11.4 Å². The predicted molar refractivity (Wildman–Crippen MR) is 80.6 cm³/mol. The van der Waals surface area contributed by atoms with Gasteiger partial charge in [0.25, 0.3) is 5.91 Å². The number of aromatic amines is 1. The van der Waals surface area contributed by atoms with Gasteiger partial charge in [0.2, 0.25) is 0 Å². The highest BCUT2D eigenvalue weighted by molar-refractivity contribution is 6.03. The number of nitrogens with one attached hydrogen (secondary N) is 2. The van der Waals surface area contributed by atoms with E-state index in [0.29, 0.717) is 22.8 Å². The molecule has 0 fully saturated rings. The molecule has 1 aromatic carbocycles. The number of carbonyl (C=O) groups excluding carboxylic acids is 1. The van der Waals surface area contributed by atoms with Crippen LogP contribution in [0.4, 0.5) is 11.4 Å². The van der Waals surface area contributed by atoms with Gasteiger partial charge in [-0.3, -0.25) is 9.89 Å².